The molecule has 0 saturated carbocycles. The minimum Gasteiger partial charge on any atom is -0.384 e. The van der Waals surface area contributed by atoms with Gasteiger partial charge in [-0.15, -0.1) is 0 Å². The largest absolute Gasteiger partial charge is 0.384 e. The van der Waals surface area contributed by atoms with Crippen LogP contribution in [0.2, 0.25) is 0 Å². The first-order valence-electron chi connectivity index (χ1n) is 5.08. The van der Waals surface area contributed by atoms with Crippen LogP contribution in [0.4, 0.5) is 0 Å². The van der Waals surface area contributed by atoms with Crippen LogP contribution in [0.3, 0.4) is 0 Å². The lowest BCUT2D eigenvalue weighted by Crippen LogP contribution is -2.37. The third-order valence-corrected chi connectivity index (χ3v) is 2.72. The van der Waals surface area contributed by atoms with Crippen LogP contribution in [-0.2, 0) is 4.74 Å². The summed E-state index contributed by atoms with van der Waals surface area (Å²) >= 11 is 0. The zero-order valence-corrected chi connectivity index (χ0v) is 8.99. The molecule has 0 spiro atoms. The molecule has 0 aromatic heterocycles. The van der Waals surface area contributed by atoms with Gasteiger partial charge in [-0.2, -0.15) is 5.26 Å². The summed E-state index contributed by atoms with van der Waals surface area (Å²) in [5, 5.41) is 11.8. The second kappa shape index (κ2) is 5.97. The molecule has 0 radical (unpaired) electrons. The number of hydrogen-bond donors (Lipinski definition) is 1. The van der Waals surface area contributed by atoms with Crippen molar-refractivity contribution in [2.45, 2.75) is 12.5 Å². The Kier molecular flexibility index (Phi) is 4.88. The molecule has 0 bridgehead atoms. The van der Waals surface area contributed by atoms with Gasteiger partial charge < -0.3 is 15.0 Å². The standard InChI is InChI=1S/C10H19N3O/c1-12-10(5-11)7-13-4-3-9(6-13)8-14-2/h9-10,12H,3-4,6-8H2,1-2H3. The van der Waals surface area contributed by atoms with Crippen molar-refractivity contribution in [3.63, 3.8) is 0 Å². The molecule has 1 fully saturated rings. The van der Waals surface area contributed by atoms with Crippen molar-refractivity contribution >= 4 is 0 Å². The van der Waals surface area contributed by atoms with Gasteiger partial charge in [-0.3, -0.25) is 0 Å². The molecule has 0 aromatic rings. The first kappa shape index (κ1) is 11.4. The van der Waals surface area contributed by atoms with Crippen molar-refractivity contribution in [2.75, 3.05) is 40.4 Å². The lowest BCUT2D eigenvalue weighted by atomic mass is 10.1. The van der Waals surface area contributed by atoms with E-state index in [0.717, 1.165) is 26.2 Å². The van der Waals surface area contributed by atoms with Gasteiger partial charge in [0, 0.05) is 20.2 Å². The maximum absolute atomic E-state index is 8.79. The number of hydrogen-bond acceptors (Lipinski definition) is 4. The Bertz CT molecular complexity index is 202. The highest BCUT2D eigenvalue weighted by atomic mass is 16.5. The summed E-state index contributed by atoms with van der Waals surface area (Å²) in [6.45, 7) is 3.82. The smallest absolute Gasteiger partial charge is 0.108 e. The van der Waals surface area contributed by atoms with Gasteiger partial charge >= 0.3 is 0 Å². The van der Waals surface area contributed by atoms with Gasteiger partial charge in [0.1, 0.15) is 6.04 Å². The van der Waals surface area contributed by atoms with Crippen LogP contribution in [-0.4, -0.2) is 51.3 Å². The minimum atomic E-state index is -0.0451. The fourth-order valence-electron chi connectivity index (χ4n) is 1.91. The molecule has 1 N–H and O–H groups in total. The predicted molar refractivity (Wildman–Crippen MR) is 54.9 cm³/mol. The van der Waals surface area contributed by atoms with Gasteiger partial charge in [0.25, 0.3) is 0 Å². The highest BCUT2D eigenvalue weighted by Crippen LogP contribution is 2.16. The second-order valence-corrected chi connectivity index (χ2v) is 3.84. The summed E-state index contributed by atoms with van der Waals surface area (Å²) in [6, 6.07) is 2.20. The number of ether oxygens (including phenoxy) is 1. The molecule has 0 aliphatic carbocycles. The van der Waals surface area contributed by atoms with Gasteiger partial charge in [0.05, 0.1) is 12.7 Å². The van der Waals surface area contributed by atoms with Crippen LogP contribution in [0.25, 0.3) is 0 Å². The maximum Gasteiger partial charge on any atom is 0.108 e. The maximum atomic E-state index is 8.79. The molecule has 1 rings (SSSR count). The Labute approximate surface area is 85.8 Å². The Morgan fingerprint density at radius 2 is 2.50 bits per heavy atom. The average molecular weight is 197 g/mol. The Morgan fingerprint density at radius 1 is 1.71 bits per heavy atom. The SMILES string of the molecule is CNC(C#N)CN1CCC(COC)C1. The molecule has 4 heteroatoms. The number of rotatable bonds is 5. The van der Waals surface area contributed by atoms with E-state index < -0.39 is 0 Å². The van der Waals surface area contributed by atoms with Crippen molar-refractivity contribution in [3.05, 3.63) is 0 Å². The molecule has 1 aliphatic heterocycles. The fourth-order valence-corrected chi connectivity index (χ4v) is 1.91. The van der Waals surface area contributed by atoms with E-state index in [1.165, 1.54) is 6.42 Å². The normalized spacial score (nSPS) is 24.8. The molecule has 1 saturated heterocycles. The van der Waals surface area contributed by atoms with E-state index in [0.29, 0.717) is 5.92 Å². The van der Waals surface area contributed by atoms with Crippen LogP contribution in [0.1, 0.15) is 6.42 Å². The molecule has 0 aromatic carbocycles. The lowest BCUT2D eigenvalue weighted by Gasteiger charge is -2.18. The summed E-state index contributed by atoms with van der Waals surface area (Å²) in [7, 11) is 3.57. The molecule has 2 atom stereocenters. The highest BCUT2D eigenvalue weighted by molar-refractivity contribution is 4.92. The Hall–Kier alpha value is -0.630. The quantitative estimate of drug-likeness (QED) is 0.677. The molecular formula is C10H19N3O. The number of likely N-dealkylation sites (tertiary alicyclic amines) is 1. The van der Waals surface area contributed by atoms with E-state index in [9.17, 15) is 0 Å². The number of nitriles is 1. The molecule has 1 aliphatic rings. The van der Waals surface area contributed by atoms with Gasteiger partial charge in [-0.1, -0.05) is 0 Å². The third-order valence-electron chi connectivity index (χ3n) is 2.72. The lowest BCUT2D eigenvalue weighted by molar-refractivity contribution is 0.153. The average Bonchev–Trinajstić information content (AvgIpc) is 2.63. The van der Waals surface area contributed by atoms with Crippen molar-refractivity contribution < 1.29 is 4.74 Å². The number of likely N-dealkylation sites (N-methyl/N-ethyl adjacent to an activating group) is 1. The first-order valence-corrected chi connectivity index (χ1v) is 5.08. The summed E-state index contributed by atoms with van der Waals surface area (Å²) in [5.41, 5.74) is 0. The molecule has 80 valence electrons. The van der Waals surface area contributed by atoms with E-state index in [-0.39, 0.29) is 6.04 Å². The highest BCUT2D eigenvalue weighted by Gasteiger charge is 2.23. The summed E-state index contributed by atoms with van der Waals surface area (Å²) in [6.07, 6.45) is 1.19. The van der Waals surface area contributed by atoms with Crippen molar-refractivity contribution in [3.8, 4) is 6.07 Å². The first-order chi connectivity index (χ1) is 6.80. The van der Waals surface area contributed by atoms with E-state index in [1.54, 1.807) is 7.11 Å². The predicted octanol–water partition coefficient (Wildman–Crippen LogP) is 0.0663. The van der Waals surface area contributed by atoms with Crippen molar-refractivity contribution in [1.82, 2.24) is 10.2 Å². The zero-order chi connectivity index (χ0) is 10.4. The third kappa shape index (κ3) is 3.26. The molecule has 14 heavy (non-hydrogen) atoms. The van der Waals surface area contributed by atoms with Gasteiger partial charge in [0.15, 0.2) is 0 Å². The molecular weight excluding hydrogens is 178 g/mol. The van der Waals surface area contributed by atoms with E-state index in [1.807, 2.05) is 7.05 Å². The van der Waals surface area contributed by atoms with Crippen LogP contribution >= 0.6 is 0 Å². The Morgan fingerprint density at radius 3 is 3.07 bits per heavy atom. The minimum absolute atomic E-state index is 0.0451. The summed E-state index contributed by atoms with van der Waals surface area (Å²) in [4.78, 5) is 2.33. The van der Waals surface area contributed by atoms with Crippen LogP contribution < -0.4 is 5.32 Å². The molecule has 0 amide bonds. The van der Waals surface area contributed by atoms with Crippen molar-refractivity contribution in [2.24, 2.45) is 5.92 Å². The number of nitrogens with zero attached hydrogens (tertiary/aromatic N) is 2. The van der Waals surface area contributed by atoms with E-state index in [4.69, 9.17) is 10.00 Å². The van der Waals surface area contributed by atoms with Crippen molar-refractivity contribution in [1.29, 1.82) is 5.26 Å². The summed E-state index contributed by atoms with van der Waals surface area (Å²) < 4.78 is 5.12. The molecule has 1 heterocycles. The molecule has 4 nitrogen and oxygen atoms in total. The van der Waals surface area contributed by atoms with Gasteiger partial charge in [-0.25, -0.2) is 0 Å². The van der Waals surface area contributed by atoms with Gasteiger partial charge in [-0.05, 0) is 25.9 Å². The van der Waals surface area contributed by atoms with Gasteiger partial charge in [0.2, 0.25) is 0 Å². The van der Waals surface area contributed by atoms with Crippen LogP contribution in [0.5, 0.6) is 0 Å². The molecule has 2 unspecified atom stereocenters. The van der Waals surface area contributed by atoms with E-state index in [2.05, 4.69) is 16.3 Å². The number of nitrogens with one attached hydrogen (secondary N) is 1. The second-order valence-electron chi connectivity index (χ2n) is 3.84. The summed E-state index contributed by atoms with van der Waals surface area (Å²) in [5.74, 6) is 0.649. The topological polar surface area (TPSA) is 48.3 Å². The van der Waals surface area contributed by atoms with Crippen LogP contribution in [0, 0.1) is 17.2 Å². The zero-order valence-electron chi connectivity index (χ0n) is 8.99. The monoisotopic (exact) mass is 197 g/mol. The fraction of sp³-hybridized carbons (Fsp3) is 0.900. The van der Waals surface area contributed by atoms with E-state index >= 15 is 0 Å². The van der Waals surface area contributed by atoms with Crippen LogP contribution in [0.15, 0.2) is 0 Å². The Balaban J connectivity index is 2.25. The number of methoxy groups -OCH3 is 1.